The van der Waals surface area contributed by atoms with Crippen LogP contribution in [0, 0.1) is 0 Å². The maximum atomic E-state index is 12.1. The lowest BCUT2D eigenvalue weighted by molar-refractivity contribution is -0.144. The number of ether oxygens (including phenoxy) is 1. The molecule has 2 amide bonds. The molecule has 0 spiro atoms. The fourth-order valence-corrected chi connectivity index (χ4v) is 2.28. The lowest BCUT2D eigenvalue weighted by atomic mass is 10.1. The lowest BCUT2D eigenvalue weighted by Gasteiger charge is -2.17. The predicted molar refractivity (Wildman–Crippen MR) is 92.9 cm³/mol. The summed E-state index contributed by atoms with van der Waals surface area (Å²) < 4.78 is 4.74. The zero-order chi connectivity index (χ0) is 18.1. The van der Waals surface area contributed by atoms with Gasteiger partial charge in [0.15, 0.2) is 0 Å². The summed E-state index contributed by atoms with van der Waals surface area (Å²) in [5.74, 6) is -1.35. The normalized spacial score (nSPS) is 11.2. The Morgan fingerprint density at radius 3 is 2.16 bits per heavy atom. The second-order valence-corrected chi connectivity index (χ2v) is 5.38. The Bertz CT molecular complexity index is 717. The van der Waals surface area contributed by atoms with Crippen LogP contribution in [0.3, 0.4) is 0 Å². The second-order valence-electron chi connectivity index (χ2n) is 5.38. The zero-order valence-electron chi connectivity index (χ0n) is 13.9. The van der Waals surface area contributed by atoms with E-state index < -0.39 is 17.9 Å². The Labute approximate surface area is 146 Å². The van der Waals surface area contributed by atoms with Crippen LogP contribution in [0.25, 0.3) is 0 Å². The molecule has 0 unspecified atom stereocenters. The van der Waals surface area contributed by atoms with Crippen LogP contribution in [0.4, 0.5) is 0 Å². The summed E-state index contributed by atoms with van der Waals surface area (Å²) in [5.41, 5.74) is 1.36. The summed E-state index contributed by atoms with van der Waals surface area (Å²) >= 11 is 0. The van der Waals surface area contributed by atoms with Crippen LogP contribution in [-0.4, -0.2) is 37.5 Å². The molecule has 0 aromatic heterocycles. The molecule has 0 aliphatic heterocycles. The Balaban J connectivity index is 1.90. The van der Waals surface area contributed by atoms with Crippen LogP contribution < -0.4 is 10.6 Å². The van der Waals surface area contributed by atoms with Crippen LogP contribution in [0.5, 0.6) is 0 Å². The number of nitrogens with one attached hydrogen (secondary N) is 2. The molecule has 0 fully saturated rings. The van der Waals surface area contributed by atoms with Crippen molar-refractivity contribution in [1.29, 1.82) is 0 Å². The number of carbonyl (C=O) groups is 3. The fraction of sp³-hybridized carbons (Fsp3) is 0.211. The van der Waals surface area contributed by atoms with Crippen molar-refractivity contribution in [1.82, 2.24) is 10.6 Å². The van der Waals surface area contributed by atoms with Gasteiger partial charge in [0, 0.05) is 12.0 Å². The van der Waals surface area contributed by atoms with Crippen molar-refractivity contribution in [2.75, 3.05) is 13.7 Å². The minimum Gasteiger partial charge on any atom is -0.467 e. The van der Waals surface area contributed by atoms with E-state index in [0.29, 0.717) is 12.0 Å². The first-order valence-electron chi connectivity index (χ1n) is 7.84. The molecular weight excluding hydrogens is 320 g/mol. The topological polar surface area (TPSA) is 84.5 Å². The molecule has 6 heteroatoms. The van der Waals surface area contributed by atoms with Crippen molar-refractivity contribution in [2.45, 2.75) is 12.5 Å². The molecule has 1 atom stereocenters. The molecule has 0 saturated heterocycles. The highest BCUT2D eigenvalue weighted by molar-refractivity contribution is 5.96. The summed E-state index contributed by atoms with van der Waals surface area (Å²) in [5, 5.41) is 5.12. The van der Waals surface area contributed by atoms with Crippen molar-refractivity contribution >= 4 is 17.8 Å². The maximum Gasteiger partial charge on any atom is 0.328 e. The van der Waals surface area contributed by atoms with Gasteiger partial charge in [-0.25, -0.2) is 4.79 Å². The first kappa shape index (κ1) is 18.2. The first-order chi connectivity index (χ1) is 12.1. The Hall–Kier alpha value is -3.15. The monoisotopic (exact) mass is 340 g/mol. The van der Waals surface area contributed by atoms with Gasteiger partial charge in [0.05, 0.1) is 13.7 Å². The third-order valence-corrected chi connectivity index (χ3v) is 3.55. The van der Waals surface area contributed by atoms with Gasteiger partial charge in [-0.15, -0.1) is 0 Å². The van der Waals surface area contributed by atoms with E-state index in [1.165, 1.54) is 7.11 Å². The molecule has 0 bridgehead atoms. The van der Waals surface area contributed by atoms with Crippen LogP contribution in [0.1, 0.15) is 15.9 Å². The van der Waals surface area contributed by atoms with Crippen molar-refractivity contribution in [3.63, 3.8) is 0 Å². The number of hydrogen-bond acceptors (Lipinski definition) is 4. The van der Waals surface area contributed by atoms with E-state index in [0.717, 1.165) is 5.56 Å². The minimum atomic E-state index is -0.812. The highest BCUT2D eigenvalue weighted by Gasteiger charge is 2.22. The fourth-order valence-electron chi connectivity index (χ4n) is 2.28. The quantitative estimate of drug-likeness (QED) is 0.745. The molecule has 6 nitrogen and oxygen atoms in total. The number of esters is 1. The first-order valence-corrected chi connectivity index (χ1v) is 7.84. The Morgan fingerprint density at radius 1 is 0.960 bits per heavy atom. The molecule has 0 saturated carbocycles. The largest absolute Gasteiger partial charge is 0.467 e. The molecule has 0 radical (unpaired) electrons. The van der Waals surface area contributed by atoms with E-state index in [1.54, 1.807) is 30.3 Å². The van der Waals surface area contributed by atoms with Gasteiger partial charge in [0.2, 0.25) is 5.91 Å². The SMILES string of the molecule is COC(=O)[C@@H](Cc1ccccc1)NC(=O)CNC(=O)c1ccccc1. The van der Waals surface area contributed by atoms with Gasteiger partial charge in [-0.3, -0.25) is 9.59 Å². The van der Waals surface area contributed by atoms with Gasteiger partial charge < -0.3 is 15.4 Å². The zero-order valence-corrected chi connectivity index (χ0v) is 13.9. The molecule has 2 N–H and O–H groups in total. The molecule has 0 aliphatic rings. The van der Waals surface area contributed by atoms with Crippen LogP contribution in [0.2, 0.25) is 0 Å². The predicted octanol–water partition coefficient (Wildman–Crippen LogP) is 1.32. The summed E-state index contributed by atoms with van der Waals surface area (Å²) in [6, 6.07) is 17.1. The van der Waals surface area contributed by atoms with Crippen LogP contribution >= 0.6 is 0 Å². The van der Waals surface area contributed by atoms with Crippen LogP contribution in [-0.2, 0) is 20.7 Å². The molecule has 0 aliphatic carbocycles. The van der Waals surface area contributed by atoms with Crippen molar-refractivity contribution in [2.24, 2.45) is 0 Å². The molecule has 0 heterocycles. The third-order valence-electron chi connectivity index (χ3n) is 3.55. The molecule has 130 valence electrons. The van der Waals surface area contributed by atoms with E-state index >= 15 is 0 Å². The lowest BCUT2D eigenvalue weighted by Crippen LogP contribution is -2.47. The Kier molecular flexibility index (Phi) is 6.71. The smallest absolute Gasteiger partial charge is 0.328 e. The molecule has 2 rings (SSSR count). The number of amides is 2. The van der Waals surface area contributed by atoms with E-state index in [-0.39, 0.29) is 12.5 Å². The number of rotatable bonds is 7. The Morgan fingerprint density at radius 2 is 1.56 bits per heavy atom. The average molecular weight is 340 g/mol. The second kappa shape index (κ2) is 9.22. The molecule has 2 aromatic carbocycles. The van der Waals surface area contributed by atoms with E-state index in [4.69, 9.17) is 4.74 Å². The number of carbonyl (C=O) groups excluding carboxylic acids is 3. The number of hydrogen-bond donors (Lipinski definition) is 2. The van der Waals surface area contributed by atoms with Gasteiger partial charge in [-0.1, -0.05) is 48.5 Å². The van der Waals surface area contributed by atoms with E-state index in [1.807, 2.05) is 30.3 Å². The van der Waals surface area contributed by atoms with Gasteiger partial charge >= 0.3 is 5.97 Å². The maximum absolute atomic E-state index is 12.1. The van der Waals surface area contributed by atoms with Crippen molar-refractivity contribution < 1.29 is 19.1 Å². The van der Waals surface area contributed by atoms with Gasteiger partial charge in [0.1, 0.15) is 6.04 Å². The summed E-state index contributed by atoms with van der Waals surface area (Å²) in [4.78, 5) is 35.9. The number of methoxy groups -OCH3 is 1. The van der Waals surface area contributed by atoms with Crippen molar-refractivity contribution in [3.8, 4) is 0 Å². The summed E-state index contributed by atoms with van der Waals surface area (Å²) in [7, 11) is 1.27. The van der Waals surface area contributed by atoms with Gasteiger partial charge in [0.25, 0.3) is 5.91 Å². The average Bonchev–Trinajstić information content (AvgIpc) is 2.66. The molecular formula is C19H20N2O4. The highest BCUT2D eigenvalue weighted by atomic mass is 16.5. The van der Waals surface area contributed by atoms with Gasteiger partial charge in [-0.2, -0.15) is 0 Å². The standard InChI is InChI=1S/C19H20N2O4/c1-25-19(24)16(12-14-8-4-2-5-9-14)21-17(22)13-20-18(23)15-10-6-3-7-11-15/h2-11,16H,12-13H2,1H3,(H,20,23)(H,21,22)/t16-/m1/s1. The molecule has 25 heavy (non-hydrogen) atoms. The summed E-state index contributed by atoms with van der Waals surface area (Å²) in [6.45, 7) is -0.226. The van der Waals surface area contributed by atoms with Crippen molar-refractivity contribution in [3.05, 3.63) is 71.8 Å². The van der Waals surface area contributed by atoms with E-state index in [9.17, 15) is 14.4 Å². The third kappa shape index (κ3) is 5.76. The minimum absolute atomic E-state index is 0.226. The van der Waals surface area contributed by atoms with E-state index in [2.05, 4.69) is 10.6 Å². The number of benzene rings is 2. The van der Waals surface area contributed by atoms with Crippen LogP contribution in [0.15, 0.2) is 60.7 Å². The van der Waals surface area contributed by atoms with Gasteiger partial charge in [-0.05, 0) is 17.7 Å². The molecule has 2 aromatic rings. The highest BCUT2D eigenvalue weighted by Crippen LogP contribution is 2.04. The summed E-state index contributed by atoms with van der Waals surface area (Å²) in [6.07, 6.45) is 0.311.